The van der Waals surface area contributed by atoms with Crippen LogP contribution in [-0.4, -0.2) is 23.7 Å². The Morgan fingerprint density at radius 1 is 1.73 bits per heavy atom. The topological polar surface area (TPSA) is 49.3 Å². The van der Waals surface area contributed by atoms with E-state index in [-0.39, 0.29) is 6.04 Å². The first-order valence-corrected chi connectivity index (χ1v) is 3.54. The zero-order valence-corrected chi connectivity index (χ0v) is 6.01. The summed E-state index contributed by atoms with van der Waals surface area (Å²) in [6.45, 7) is 0.841. The summed E-state index contributed by atoms with van der Waals surface area (Å²) in [6, 6.07) is -0.0916. The summed E-state index contributed by atoms with van der Waals surface area (Å²) in [5.41, 5.74) is 0. The second-order valence-corrected chi connectivity index (χ2v) is 2.52. The second kappa shape index (κ2) is 3.48. The Kier molecular flexibility index (Phi) is 2.59. The van der Waals surface area contributed by atoms with Gasteiger partial charge in [0.25, 0.3) is 0 Å². The Morgan fingerprint density at radius 3 is 2.91 bits per heavy atom. The Hall–Kier alpha value is -0.900. The van der Waals surface area contributed by atoms with Gasteiger partial charge in [-0.3, -0.25) is 0 Å². The van der Waals surface area contributed by atoms with Crippen LogP contribution in [0.1, 0.15) is 12.8 Å². The van der Waals surface area contributed by atoms with Crippen LogP contribution in [0.5, 0.6) is 0 Å². The van der Waals surface area contributed by atoms with Gasteiger partial charge in [0.1, 0.15) is 0 Å². The summed E-state index contributed by atoms with van der Waals surface area (Å²) < 4.78 is 12.4. The number of aliphatic carboxylic acids is 1. The molecule has 3 nitrogen and oxygen atoms in total. The summed E-state index contributed by atoms with van der Waals surface area (Å²) in [4.78, 5) is 10.0. The molecule has 1 saturated heterocycles. The van der Waals surface area contributed by atoms with Crippen LogP contribution in [0.4, 0.5) is 4.39 Å². The monoisotopic (exact) mass is 159 g/mol. The van der Waals surface area contributed by atoms with E-state index < -0.39 is 11.8 Å². The third-order valence-electron chi connectivity index (χ3n) is 1.65. The van der Waals surface area contributed by atoms with Crippen molar-refractivity contribution in [2.24, 2.45) is 0 Å². The van der Waals surface area contributed by atoms with Crippen molar-refractivity contribution in [2.45, 2.75) is 18.9 Å². The first-order chi connectivity index (χ1) is 5.20. The molecule has 2 N–H and O–H groups in total. The summed E-state index contributed by atoms with van der Waals surface area (Å²) in [6.07, 6.45) is 2.92. The fourth-order valence-electron chi connectivity index (χ4n) is 1.10. The van der Waals surface area contributed by atoms with Crippen LogP contribution in [0, 0.1) is 0 Å². The van der Waals surface area contributed by atoms with Gasteiger partial charge in [0.05, 0.1) is 0 Å². The van der Waals surface area contributed by atoms with Gasteiger partial charge in [0.15, 0.2) is 0 Å². The van der Waals surface area contributed by atoms with Crippen LogP contribution in [0.15, 0.2) is 11.9 Å². The largest absolute Gasteiger partial charge is 0.476 e. The van der Waals surface area contributed by atoms with Crippen molar-refractivity contribution in [3.8, 4) is 0 Å². The molecule has 1 fully saturated rings. The molecule has 1 atom stereocenters. The molecule has 11 heavy (non-hydrogen) atoms. The maximum atomic E-state index is 12.4. The van der Waals surface area contributed by atoms with Crippen LogP contribution in [0.2, 0.25) is 0 Å². The summed E-state index contributed by atoms with van der Waals surface area (Å²) in [5, 5.41) is 11.1. The average molecular weight is 159 g/mol. The fourth-order valence-corrected chi connectivity index (χ4v) is 1.10. The van der Waals surface area contributed by atoms with Crippen molar-refractivity contribution in [1.82, 2.24) is 5.32 Å². The van der Waals surface area contributed by atoms with Crippen molar-refractivity contribution in [1.29, 1.82) is 0 Å². The molecule has 0 aromatic rings. The second-order valence-electron chi connectivity index (χ2n) is 2.52. The SMILES string of the molecule is O=C(O)/C(F)=C/C1CCCN1. The Balaban J connectivity index is 2.49. The summed E-state index contributed by atoms with van der Waals surface area (Å²) in [7, 11) is 0. The molecular weight excluding hydrogens is 149 g/mol. The Labute approximate surface area is 63.9 Å². The molecule has 1 aliphatic rings. The normalized spacial score (nSPS) is 25.5. The van der Waals surface area contributed by atoms with E-state index in [4.69, 9.17) is 5.11 Å². The molecule has 0 spiro atoms. The minimum atomic E-state index is -1.49. The van der Waals surface area contributed by atoms with E-state index in [0.29, 0.717) is 0 Å². The molecular formula is C7H10FNO2. The van der Waals surface area contributed by atoms with Crippen molar-refractivity contribution in [2.75, 3.05) is 6.54 Å². The van der Waals surface area contributed by atoms with Gasteiger partial charge >= 0.3 is 5.97 Å². The molecule has 62 valence electrons. The van der Waals surface area contributed by atoms with Gasteiger partial charge in [-0.25, -0.2) is 4.79 Å². The van der Waals surface area contributed by atoms with E-state index in [9.17, 15) is 9.18 Å². The average Bonchev–Trinajstić information content (AvgIpc) is 2.39. The zero-order chi connectivity index (χ0) is 8.27. The minimum absolute atomic E-state index is 0.0916. The molecule has 0 amide bonds. The van der Waals surface area contributed by atoms with Crippen molar-refractivity contribution in [3.05, 3.63) is 11.9 Å². The predicted octanol–water partition coefficient (Wildman–Crippen LogP) is 0.676. The maximum Gasteiger partial charge on any atom is 0.364 e. The lowest BCUT2D eigenvalue weighted by Gasteiger charge is -2.01. The van der Waals surface area contributed by atoms with Crippen molar-refractivity contribution >= 4 is 5.97 Å². The number of hydrogen-bond acceptors (Lipinski definition) is 2. The van der Waals surface area contributed by atoms with E-state index in [1.54, 1.807) is 0 Å². The van der Waals surface area contributed by atoms with Crippen molar-refractivity contribution in [3.63, 3.8) is 0 Å². The summed E-state index contributed by atoms with van der Waals surface area (Å²) >= 11 is 0. The van der Waals surface area contributed by atoms with E-state index in [0.717, 1.165) is 25.5 Å². The van der Waals surface area contributed by atoms with Gasteiger partial charge in [0.2, 0.25) is 5.83 Å². The van der Waals surface area contributed by atoms with Gasteiger partial charge < -0.3 is 10.4 Å². The first-order valence-electron chi connectivity index (χ1n) is 3.54. The van der Waals surface area contributed by atoms with Crippen LogP contribution < -0.4 is 5.32 Å². The van der Waals surface area contributed by atoms with Gasteiger partial charge in [-0.2, -0.15) is 4.39 Å². The quantitative estimate of drug-likeness (QED) is 0.582. The number of halogens is 1. The number of hydrogen-bond donors (Lipinski definition) is 2. The maximum absolute atomic E-state index is 12.4. The lowest BCUT2D eigenvalue weighted by molar-refractivity contribution is -0.134. The molecule has 4 heteroatoms. The Morgan fingerprint density at radius 2 is 2.45 bits per heavy atom. The molecule has 0 aliphatic carbocycles. The first kappa shape index (κ1) is 8.20. The molecule has 1 aliphatic heterocycles. The van der Waals surface area contributed by atoms with E-state index in [1.165, 1.54) is 0 Å². The zero-order valence-electron chi connectivity index (χ0n) is 6.01. The molecule has 0 saturated carbocycles. The van der Waals surface area contributed by atoms with Crippen LogP contribution >= 0.6 is 0 Å². The molecule has 1 rings (SSSR count). The predicted molar refractivity (Wildman–Crippen MR) is 37.9 cm³/mol. The summed E-state index contributed by atoms with van der Waals surface area (Å²) in [5.74, 6) is -2.55. The van der Waals surface area contributed by atoms with Crippen LogP contribution in [0.25, 0.3) is 0 Å². The number of carboxylic acid groups (broad SMARTS) is 1. The van der Waals surface area contributed by atoms with E-state index >= 15 is 0 Å². The lowest BCUT2D eigenvalue weighted by atomic mass is 10.2. The molecule has 0 aromatic carbocycles. The number of nitrogens with one attached hydrogen (secondary N) is 1. The molecule has 1 heterocycles. The highest BCUT2D eigenvalue weighted by Crippen LogP contribution is 2.09. The number of carboxylic acids is 1. The van der Waals surface area contributed by atoms with Crippen molar-refractivity contribution < 1.29 is 14.3 Å². The van der Waals surface area contributed by atoms with Gasteiger partial charge in [-0.1, -0.05) is 0 Å². The van der Waals surface area contributed by atoms with Gasteiger partial charge in [0, 0.05) is 6.04 Å². The van der Waals surface area contributed by atoms with Gasteiger partial charge in [-0.15, -0.1) is 0 Å². The molecule has 0 aromatic heterocycles. The van der Waals surface area contributed by atoms with Crippen LogP contribution in [0.3, 0.4) is 0 Å². The standard InChI is InChI=1S/C7H10FNO2/c8-6(7(10)11)4-5-2-1-3-9-5/h4-5,9H,1-3H2,(H,10,11)/b6-4-. The lowest BCUT2D eigenvalue weighted by Crippen LogP contribution is -2.19. The highest BCUT2D eigenvalue weighted by molar-refractivity contribution is 5.84. The fraction of sp³-hybridized carbons (Fsp3) is 0.571. The number of carbonyl (C=O) groups is 1. The van der Waals surface area contributed by atoms with E-state index in [1.807, 2.05) is 0 Å². The molecule has 0 radical (unpaired) electrons. The third-order valence-corrected chi connectivity index (χ3v) is 1.65. The van der Waals surface area contributed by atoms with E-state index in [2.05, 4.69) is 5.32 Å². The Bertz CT molecular complexity index is 185. The smallest absolute Gasteiger partial charge is 0.364 e. The van der Waals surface area contributed by atoms with Crippen LogP contribution in [-0.2, 0) is 4.79 Å². The third kappa shape index (κ3) is 2.31. The highest BCUT2D eigenvalue weighted by atomic mass is 19.1. The molecule has 1 unspecified atom stereocenters. The highest BCUT2D eigenvalue weighted by Gasteiger charge is 2.14. The minimum Gasteiger partial charge on any atom is -0.476 e. The molecule has 0 bridgehead atoms. The number of rotatable bonds is 2. The van der Waals surface area contributed by atoms with Gasteiger partial charge in [-0.05, 0) is 25.5 Å².